The second-order valence-electron chi connectivity index (χ2n) is 6.55. The second kappa shape index (κ2) is 8.39. The van der Waals surface area contributed by atoms with Crippen LogP contribution in [-0.4, -0.2) is 27.7 Å². The first-order chi connectivity index (χ1) is 12.5. The van der Waals surface area contributed by atoms with E-state index in [-0.39, 0.29) is 23.5 Å². The van der Waals surface area contributed by atoms with Crippen LogP contribution in [0.2, 0.25) is 0 Å². The summed E-state index contributed by atoms with van der Waals surface area (Å²) >= 11 is 4.93. The SMILES string of the molecule is CSc1c(NC(=O)C2CCCC[C@H]2C(=O)c2ccc(Br)cc2)cnn1C. The quantitative estimate of drug-likeness (QED) is 0.553. The van der Waals surface area contributed by atoms with Crippen LogP contribution in [0.1, 0.15) is 36.0 Å². The molecule has 1 amide bonds. The Balaban J connectivity index is 1.78. The lowest BCUT2D eigenvalue weighted by Gasteiger charge is -2.29. The highest BCUT2D eigenvalue weighted by Gasteiger charge is 2.36. The van der Waals surface area contributed by atoms with Gasteiger partial charge in [0.2, 0.25) is 5.91 Å². The number of Topliss-reactive ketones (excluding diaryl/α,β-unsaturated/α-hetero) is 1. The summed E-state index contributed by atoms with van der Waals surface area (Å²) in [6, 6.07) is 7.38. The minimum atomic E-state index is -0.296. The molecule has 0 aliphatic heterocycles. The van der Waals surface area contributed by atoms with Crippen LogP contribution in [0.4, 0.5) is 5.69 Å². The number of benzene rings is 1. The van der Waals surface area contributed by atoms with E-state index < -0.39 is 0 Å². The number of ketones is 1. The fraction of sp³-hybridized carbons (Fsp3) is 0.421. The summed E-state index contributed by atoms with van der Waals surface area (Å²) in [5.74, 6) is -0.578. The van der Waals surface area contributed by atoms with Gasteiger partial charge in [0, 0.05) is 28.9 Å². The van der Waals surface area contributed by atoms with Crippen LogP contribution in [0, 0.1) is 11.8 Å². The van der Waals surface area contributed by atoms with Gasteiger partial charge in [-0.15, -0.1) is 11.8 Å². The highest BCUT2D eigenvalue weighted by molar-refractivity contribution is 9.10. The molecule has 1 N–H and O–H groups in total. The highest BCUT2D eigenvalue weighted by atomic mass is 79.9. The standard InChI is InChI=1S/C19H22BrN3O2S/c1-23-19(26-2)16(11-21-23)22-18(25)15-6-4-3-5-14(15)17(24)12-7-9-13(20)10-8-12/h7-11,14-15H,3-6H2,1-2H3,(H,22,25)/t14-,15?/m1/s1. The maximum Gasteiger partial charge on any atom is 0.228 e. The molecule has 1 aromatic heterocycles. The van der Waals surface area contributed by atoms with Gasteiger partial charge >= 0.3 is 0 Å². The Bertz CT molecular complexity index is 804. The van der Waals surface area contributed by atoms with Gasteiger partial charge < -0.3 is 5.32 Å². The maximum atomic E-state index is 13.0. The fourth-order valence-corrected chi connectivity index (χ4v) is 4.47. The van der Waals surface area contributed by atoms with Crippen molar-refractivity contribution >= 4 is 45.1 Å². The van der Waals surface area contributed by atoms with E-state index in [0.717, 1.165) is 35.2 Å². The van der Waals surface area contributed by atoms with E-state index in [1.807, 2.05) is 37.6 Å². The van der Waals surface area contributed by atoms with Gasteiger partial charge in [0.25, 0.3) is 0 Å². The van der Waals surface area contributed by atoms with Gasteiger partial charge in [-0.3, -0.25) is 14.3 Å². The number of rotatable bonds is 5. The third-order valence-corrected chi connectivity index (χ3v) is 6.30. The summed E-state index contributed by atoms with van der Waals surface area (Å²) in [4.78, 5) is 25.9. The van der Waals surface area contributed by atoms with Crippen molar-refractivity contribution in [2.45, 2.75) is 30.7 Å². The summed E-state index contributed by atoms with van der Waals surface area (Å²) < 4.78 is 2.68. The van der Waals surface area contributed by atoms with E-state index in [4.69, 9.17) is 0 Å². The molecule has 5 nitrogen and oxygen atoms in total. The molecule has 0 radical (unpaired) electrons. The van der Waals surface area contributed by atoms with E-state index in [9.17, 15) is 9.59 Å². The number of anilines is 1. The molecule has 138 valence electrons. The molecule has 1 unspecified atom stereocenters. The number of nitrogens with zero attached hydrogens (tertiary/aromatic N) is 2. The van der Waals surface area contributed by atoms with E-state index in [2.05, 4.69) is 26.3 Å². The Labute approximate surface area is 166 Å². The molecule has 1 aliphatic carbocycles. The molecule has 2 atom stereocenters. The average Bonchev–Trinajstić information content (AvgIpc) is 3.01. The van der Waals surface area contributed by atoms with Crippen LogP contribution in [-0.2, 0) is 11.8 Å². The van der Waals surface area contributed by atoms with Crippen molar-refractivity contribution < 1.29 is 9.59 Å². The van der Waals surface area contributed by atoms with Crippen molar-refractivity contribution in [3.05, 3.63) is 40.5 Å². The molecule has 3 rings (SSSR count). The van der Waals surface area contributed by atoms with Gasteiger partial charge in [0.1, 0.15) is 5.03 Å². The minimum Gasteiger partial charge on any atom is -0.322 e. The normalized spacial score (nSPS) is 20.0. The smallest absolute Gasteiger partial charge is 0.228 e. The van der Waals surface area contributed by atoms with Crippen LogP contribution < -0.4 is 5.32 Å². The zero-order valence-electron chi connectivity index (χ0n) is 14.9. The van der Waals surface area contributed by atoms with Crippen molar-refractivity contribution in [3.8, 4) is 0 Å². The number of hydrogen-bond donors (Lipinski definition) is 1. The van der Waals surface area contributed by atoms with Gasteiger partial charge in [-0.25, -0.2) is 0 Å². The monoisotopic (exact) mass is 435 g/mol. The Morgan fingerprint density at radius 3 is 2.50 bits per heavy atom. The second-order valence-corrected chi connectivity index (χ2v) is 8.26. The summed E-state index contributed by atoms with van der Waals surface area (Å²) in [5, 5.41) is 8.11. The number of halogens is 1. The van der Waals surface area contributed by atoms with Crippen LogP contribution in [0.5, 0.6) is 0 Å². The first-order valence-electron chi connectivity index (χ1n) is 8.68. The van der Waals surface area contributed by atoms with Crippen LogP contribution in [0.3, 0.4) is 0 Å². The van der Waals surface area contributed by atoms with Gasteiger partial charge in [-0.05, 0) is 31.2 Å². The molecule has 1 fully saturated rings. The number of thioether (sulfide) groups is 1. The summed E-state index contributed by atoms with van der Waals surface area (Å²) in [6.45, 7) is 0. The largest absolute Gasteiger partial charge is 0.322 e. The molecule has 26 heavy (non-hydrogen) atoms. The van der Waals surface area contributed by atoms with E-state index >= 15 is 0 Å². The van der Waals surface area contributed by atoms with Crippen molar-refractivity contribution in [1.29, 1.82) is 0 Å². The van der Waals surface area contributed by atoms with Crippen molar-refractivity contribution in [2.24, 2.45) is 18.9 Å². The molecule has 1 aromatic carbocycles. The Morgan fingerprint density at radius 1 is 1.19 bits per heavy atom. The van der Waals surface area contributed by atoms with E-state index in [1.54, 1.807) is 10.9 Å². The van der Waals surface area contributed by atoms with E-state index in [0.29, 0.717) is 11.3 Å². The first-order valence-corrected chi connectivity index (χ1v) is 10.7. The summed E-state index contributed by atoms with van der Waals surface area (Å²) in [5.41, 5.74) is 1.38. The predicted molar refractivity (Wildman–Crippen MR) is 108 cm³/mol. The molecule has 0 saturated heterocycles. The molecule has 1 saturated carbocycles. The highest BCUT2D eigenvalue weighted by Crippen LogP contribution is 2.34. The predicted octanol–water partition coefficient (Wildman–Crippen LogP) is 4.53. The van der Waals surface area contributed by atoms with Crippen molar-refractivity contribution in [3.63, 3.8) is 0 Å². The zero-order chi connectivity index (χ0) is 18.7. The van der Waals surface area contributed by atoms with E-state index in [1.165, 1.54) is 11.8 Å². The molecule has 1 aliphatic rings. The minimum absolute atomic E-state index is 0.0635. The molecule has 2 aromatic rings. The molecular weight excluding hydrogens is 414 g/mol. The zero-order valence-corrected chi connectivity index (χ0v) is 17.3. The number of carbonyl (C=O) groups is 2. The first kappa shape index (κ1) is 19.2. The van der Waals surface area contributed by atoms with Gasteiger partial charge in [0.05, 0.1) is 11.9 Å². The molecule has 0 spiro atoms. The van der Waals surface area contributed by atoms with Gasteiger partial charge in [-0.1, -0.05) is 40.9 Å². The molecule has 7 heteroatoms. The number of hydrogen-bond acceptors (Lipinski definition) is 4. The summed E-state index contributed by atoms with van der Waals surface area (Å²) in [7, 11) is 1.85. The molecular formula is C19H22BrN3O2S. The maximum absolute atomic E-state index is 13.0. The number of carbonyl (C=O) groups excluding carboxylic acids is 2. The fourth-order valence-electron chi connectivity index (χ4n) is 3.57. The van der Waals surface area contributed by atoms with Crippen LogP contribution >= 0.6 is 27.7 Å². The summed E-state index contributed by atoms with van der Waals surface area (Å²) in [6.07, 6.45) is 7.08. The third-order valence-electron chi connectivity index (χ3n) is 4.90. The van der Waals surface area contributed by atoms with Crippen molar-refractivity contribution in [2.75, 3.05) is 11.6 Å². The van der Waals surface area contributed by atoms with Crippen LogP contribution in [0.15, 0.2) is 40.0 Å². The average molecular weight is 436 g/mol. The van der Waals surface area contributed by atoms with Crippen molar-refractivity contribution in [1.82, 2.24) is 9.78 Å². The lowest BCUT2D eigenvalue weighted by molar-refractivity contribution is -0.122. The topological polar surface area (TPSA) is 64.0 Å². The van der Waals surface area contributed by atoms with Crippen LogP contribution in [0.25, 0.3) is 0 Å². The van der Waals surface area contributed by atoms with Gasteiger partial charge in [-0.2, -0.15) is 5.10 Å². The number of nitrogens with one attached hydrogen (secondary N) is 1. The van der Waals surface area contributed by atoms with Gasteiger partial charge in [0.15, 0.2) is 5.78 Å². The number of aromatic nitrogens is 2. The lowest BCUT2D eigenvalue weighted by atomic mass is 9.75. The lowest BCUT2D eigenvalue weighted by Crippen LogP contribution is -2.36. The number of aryl methyl sites for hydroxylation is 1. The third kappa shape index (κ3) is 4.04. The Kier molecular flexibility index (Phi) is 6.19. The molecule has 0 bridgehead atoms. The number of amides is 1. The Morgan fingerprint density at radius 2 is 1.85 bits per heavy atom. The molecule has 1 heterocycles. The Hall–Kier alpha value is -1.60.